The summed E-state index contributed by atoms with van der Waals surface area (Å²) >= 11 is -1.31. The summed E-state index contributed by atoms with van der Waals surface area (Å²) in [5, 5.41) is 10.3. The van der Waals surface area contributed by atoms with Gasteiger partial charge in [0.2, 0.25) is 0 Å². The molecule has 56 valence electrons. The van der Waals surface area contributed by atoms with E-state index in [1.807, 2.05) is 0 Å². The molecule has 5 heteroatoms. The summed E-state index contributed by atoms with van der Waals surface area (Å²) in [6, 6.07) is 6.04. The van der Waals surface area contributed by atoms with Gasteiger partial charge in [0, 0.05) is 0 Å². The van der Waals surface area contributed by atoms with E-state index < -0.39 is 20.6 Å². The second-order valence-corrected chi connectivity index (χ2v) is 3.23. The average molecular weight is 213 g/mol. The molecule has 0 unspecified atom stereocenters. The van der Waals surface area contributed by atoms with Crippen molar-refractivity contribution in [2.45, 2.75) is 0 Å². The third-order valence-electron chi connectivity index (χ3n) is 1.18. The first-order valence-electron chi connectivity index (χ1n) is 2.82. The molecule has 0 fully saturated rings. The van der Waals surface area contributed by atoms with Crippen LogP contribution in [0, 0.1) is 10.1 Å². The fraction of sp³-hybridized carbons (Fsp3) is 0. The van der Waals surface area contributed by atoms with Crippen LogP contribution in [0.15, 0.2) is 24.3 Å². The molecule has 0 saturated carbocycles. The molecule has 1 aromatic rings. The third kappa shape index (κ3) is 1.71. The number of hydrogen-bond donors (Lipinski definition) is 0. The molecule has 0 spiro atoms. The molecule has 4 nitrogen and oxygen atoms in total. The molecule has 1 aromatic carbocycles. The molecule has 0 aliphatic carbocycles. The van der Waals surface area contributed by atoms with Crippen LogP contribution in [0.3, 0.4) is 0 Å². The predicted octanol–water partition coefficient (Wildman–Crippen LogP) is 0.270. The summed E-state index contributed by atoms with van der Waals surface area (Å²) in [7, 11) is 0. The molecule has 11 heavy (non-hydrogen) atoms. The van der Waals surface area contributed by atoms with E-state index in [1.165, 1.54) is 12.1 Å². The van der Waals surface area contributed by atoms with Gasteiger partial charge in [-0.1, -0.05) is 0 Å². The Bertz CT molecular complexity index is 300. The first-order chi connectivity index (χ1) is 5.25. The minimum atomic E-state index is -1.31. The summed E-state index contributed by atoms with van der Waals surface area (Å²) in [6.07, 6.45) is 0. The van der Waals surface area contributed by atoms with Gasteiger partial charge in [-0.25, -0.2) is 0 Å². The van der Waals surface area contributed by atoms with Gasteiger partial charge in [0.1, 0.15) is 0 Å². The first kappa shape index (κ1) is 8.08. The molecular formula is C6H4AsNO3. The van der Waals surface area contributed by atoms with E-state index in [2.05, 4.69) is 0 Å². The molecule has 0 aliphatic rings. The number of para-hydroxylation sites is 1. The van der Waals surface area contributed by atoms with Crippen molar-refractivity contribution in [3.05, 3.63) is 34.4 Å². The van der Waals surface area contributed by atoms with Crippen LogP contribution in [-0.4, -0.2) is 20.6 Å². The molecule has 0 heterocycles. The Hall–Kier alpha value is -1.02. The number of benzene rings is 1. The SMILES string of the molecule is O=[As]c1ccccc1[N+](=O)[O-]. The fourth-order valence-corrected chi connectivity index (χ4v) is 1.53. The fourth-order valence-electron chi connectivity index (χ4n) is 0.696. The van der Waals surface area contributed by atoms with Crippen molar-refractivity contribution >= 4 is 25.7 Å². The Morgan fingerprint density at radius 1 is 1.36 bits per heavy atom. The zero-order valence-corrected chi connectivity index (χ0v) is 7.31. The summed E-state index contributed by atoms with van der Waals surface area (Å²) < 4.78 is 10.8. The standard InChI is InChI=1S/C6H4AsNO3/c9-7-5-3-1-2-4-6(5)8(10)11/h1-4H. The van der Waals surface area contributed by atoms with Gasteiger partial charge in [-0.15, -0.1) is 0 Å². The van der Waals surface area contributed by atoms with E-state index in [1.54, 1.807) is 12.1 Å². The molecule has 0 atom stereocenters. The van der Waals surface area contributed by atoms with Crippen LogP contribution in [0.1, 0.15) is 0 Å². The van der Waals surface area contributed by atoms with Gasteiger partial charge in [0.05, 0.1) is 0 Å². The van der Waals surface area contributed by atoms with E-state index in [4.69, 9.17) is 0 Å². The first-order valence-corrected chi connectivity index (χ1v) is 4.53. The van der Waals surface area contributed by atoms with Crippen molar-refractivity contribution in [3.8, 4) is 0 Å². The number of nitro benzene ring substituents is 1. The number of nitro groups is 1. The van der Waals surface area contributed by atoms with Crippen molar-refractivity contribution in [2.24, 2.45) is 0 Å². The van der Waals surface area contributed by atoms with E-state index >= 15 is 0 Å². The quantitative estimate of drug-likeness (QED) is 0.402. The van der Waals surface area contributed by atoms with Gasteiger partial charge in [-0.2, -0.15) is 0 Å². The van der Waals surface area contributed by atoms with Crippen LogP contribution < -0.4 is 4.35 Å². The second kappa shape index (κ2) is 3.39. The second-order valence-electron chi connectivity index (χ2n) is 1.84. The number of rotatable bonds is 2. The van der Waals surface area contributed by atoms with Crippen molar-refractivity contribution < 1.29 is 8.66 Å². The van der Waals surface area contributed by atoms with Crippen molar-refractivity contribution in [3.63, 3.8) is 0 Å². The molecule has 0 radical (unpaired) electrons. The van der Waals surface area contributed by atoms with E-state index in [0.29, 0.717) is 4.35 Å². The van der Waals surface area contributed by atoms with Crippen LogP contribution in [0.5, 0.6) is 0 Å². The summed E-state index contributed by atoms with van der Waals surface area (Å²) in [5.41, 5.74) is -0.0532. The minimum absolute atomic E-state index is 0.0532. The number of nitrogens with zero attached hydrogens (tertiary/aromatic N) is 1. The molecule has 0 amide bonds. The Morgan fingerprint density at radius 2 is 2.00 bits per heavy atom. The summed E-state index contributed by atoms with van der Waals surface area (Å²) in [6.45, 7) is 0. The Kier molecular flexibility index (Phi) is 2.49. The molecule has 0 aromatic heterocycles. The van der Waals surface area contributed by atoms with Crippen LogP contribution in [0.4, 0.5) is 5.69 Å². The van der Waals surface area contributed by atoms with Gasteiger partial charge in [-0.05, 0) is 0 Å². The van der Waals surface area contributed by atoms with Crippen LogP contribution in [0.25, 0.3) is 0 Å². The normalized spacial score (nSPS) is 9.82. The average Bonchev–Trinajstić information content (AvgIpc) is 2.04. The monoisotopic (exact) mass is 213 g/mol. The third-order valence-corrected chi connectivity index (χ3v) is 2.38. The van der Waals surface area contributed by atoms with Gasteiger partial charge in [0.25, 0.3) is 0 Å². The van der Waals surface area contributed by atoms with Crippen LogP contribution in [-0.2, 0) is 3.74 Å². The Balaban J connectivity index is 3.22. The molecular weight excluding hydrogens is 209 g/mol. The maximum absolute atomic E-state index is 10.4. The molecule has 0 aliphatic heterocycles. The van der Waals surface area contributed by atoms with Gasteiger partial charge in [-0.3, -0.25) is 0 Å². The molecule has 0 bridgehead atoms. The predicted molar refractivity (Wildman–Crippen MR) is 39.2 cm³/mol. The van der Waals surface area contributed by atoms with Crippen LogP contribution >= 0.6 is 0 Å². The molecule has 1 rings (SSSR count). The van der Waals surface area contributed by atoms with E-state index in [0.717, 1.165) is 0 Å². The number of hydrogen-bond acceptors (Lipinski definition) is 3. The van der Waals surface area contributed by atoms with Crippen molar-refractivity contribution in [1.29, 1.82) is 0 Å². The van der Waals surface area contributed by atoms with Crippen LogP contribution in [0.2, 0.25) is 0 Å². The Morgan fingerprint density at radius 3 is 2.45 bits per heavy atom. The van der Waals surface area contributed by atoms with Crippen molar-refractivity contribution in [2.75, 3.05) is 0 Å². The maximum atomic E-state index is 10.4. The summed E-state index contributed by atoms with van der Waals surface area (Å²) in [4.78, 5) is 9.74. The summed E-state index contributed by atoms with van der Waals surface area (Å²) in [5.74, 6) is 0. The van der Waals surface area contributed by atoms with Crippen molar-refractivity contribution in [1.82, 2.24) is 0 Å². The van der Waals surface area contributed by atoms with Gasteiger partial charge >= 0.3 is 68.8 Å². The molecule has 0 saturated heterocycles. The van der Waals surface area contributed by atoms with E-state index in [-0.39, 0.29) is 5.69 Å². The Labute approximate surface area is 69.3 Å². The van der Waals surface area contributed by atoms with Gasteiger partial charge < -0.3 is 0 Å². The van der Waals surface area contributed by atoms with E-state index in [9.17, 15) is 13.9 Å². The zero-order chi connectivity index (χ0) is 8.27. The molecule has 0 N–H and O–H groups in total. The van der Waals surface area contributed by atoms with Gasteiger partial charge in [0.15, 0.2) is 0 Å². The topological polar surface area (TPSA) is 60.2 Å². The zero-order valence-electron chi connectivity index (χ0n) is 5.43.